The Morgan fingerprint density at radius 3 is 2.45 bits per heavy atom. The summed E-state index contributed by atoms with van der Waals surface area (Å²) in [5.74, 6) is 0. The van der Waals surface area contributed by atoms with Crippen molar-refractivity contribution in [3.8, 4) is 0 Å². The number of ether oxygens (including phenoxy) is 1. The molecule has 0 amide bonds. The molecular weight excluding hydrogens is 306 g/mol. The van der Waals surface area contributed by atoms with Crippen LogP contribution in [0.25, 0.3) is 0 Å². The third-order valence-electron chi connectivity index (χ3n) is 3.76. The van der Waals surface area contributed by atoms with Gasteiger partial charge in [-0.25, -0.2) is 14.3 Å². The molecule has 3 aliphatic heterocycles. The monoisotopic (exact) mass is 327 g/mol. The van der Waals surface area contributed by atoms with Gasteiger partial charge in [0.15, 0.2) is 0 Å². The highest BCUT2D eigenvalue weighted by Gasteiger charge is 2.43. The number of carbonyl (C=O) groups excluding carboxylic acids is 1. The number of fused-ring (bicyclic) bond motifs is 6. The number of nitrogens with zero attached hydrogens (tertiary/aromatic N) is 3. The SMILES string of the molecule is O=C(OCCC[Si]12OCCN(CCO1)CCO2)n1ccnc1. The second-order valence-electron chi connectivity index (χ2n) is 5.26. The maximum Gasteiger partial charge on any atom is 0.501 e. The van der Waals surface area contributed by atoms with Gasteiger partial charge in [0.25, 0.3) is 0 Å². The van der Waals surface area contributed by atoms with E-state index < -0.39 is 14.9 Å². The standard InChI is InChI=1S/C13H21N3O5Si/c17-13(16-3-2-14-12-16)18-7-1-11-22-19-8-4-15(5-9-20-22)6-10-21-22/h2-3,12H,1,4-11H2. The van der Waals surface area contributed by atoms with E-state index in [1.54, 1.807) is 6.20 Å². The fourth-order valence-electron chi connectivity index (χ4n) is 2.56. The van der Waals surface area contributed by atoms with E-state index >= 15 is 0 Å². The molecule has 0 radical (unpaired) electrons. The second-order valence-corrected chi connectivity index (χ2v) is 7.99. The van der Waals surface area contributed by atoms with Crippen molar-refractivity contribution in [1.29, 1.82) is 0 Å². The summed E-state index contributed by atoms with van der Waals surface area (Å²) >= 11 is 0. The lowest BCUT2D eigenvalue weighted by Gasteiger charge is -2.38. The van der Waals surface area contributed by atoms with Crippen molar-refractivity contribution in [3.63, 3.8) is 0 Å². The van der Waals surface area contributed by atoms with Crippen molar-refractivity contribution in [2.24, 2.45) is 0 Å². The zero-order chi connectivity index (χ0) is 15.3. The summed E-state index contributed by atoms with van der Waals surface area (Å²) in [6, 6.07) is 0.671. The van der Waals surface area contributed by atoms with Gasteiger partial charge in [-0.15, -0.1) is 0 Å². The zero-order valence-corrected chi connectivity index (χ0v) is 13.5. The maximum atomic E-state index is 11.7. The molecule has 3 aliphatic rings. The molecule has 4 heterocycles. The highest BCUT2D eigenvalue weighted by atomic mass is 28.4. The van der Waals surface area contributed by atoms with Crippen LogP contribution in [0.4, 0.5) is 4.79 Å². The summed E-state index contributed by atoms with van der Waals surface area (Å²) in [6.45, 7) is 5.02. The highest BCUT2D eigenvalue weighted by Crippen LogP contribution is 2.21. The summed E-state index contributed by atoms with van der Waals surface area (Å²) in [5.41, 5.74) is 0. The number of hydrogen-bond donors (Lipinski definition) is 0. The van der Waals surface area contributed by atoms with Gasteiger partial charge in [0.2, 0.25) is 0 Å². The minimum atomic E-state index is -2.60. The van der Waals surface area contributed by atoms with E-state index in [2.05, 4.69) is 9.88 Å². The molecule has 3 fully saturated rings. The molecule has 1 aromatic heterocycles. The van der Waals surface area contributed by atoms with Gasteiger partial charge in [-0.3, -0.25) is 4.90 Å². The average Bonchev–Trinajstić information content (AvgIpc) is 2.97. The predicted octanol–water partition coefficient (Wildman–Crippen LogP) is 0.576. The lowest BCUT2D eigenvalue weighted by Crippen LogP contribution is -2.55. The van der Waals surface area contributed by atoms with Crippen LogP contribution >= 0.6 is 0 Å². The average molecular weight is 327 g/mol. The minimum Gasteiger partial charge on any atom is -0.449 e. The first-order valence-corrected chi connectivity index (χ1v) is 9.50. The van der Waals surface area contributed by atoms with Crippen molar-refractivity contribution >= 4 is 14.9 Å². The van der Waals surface area contributed by atoms with Crippen LogP contribution in [0.2, 0.25) is 6.04 Å². The molecular formula is C13H21N3O5Si. The maximum absolute atomic E-state index is 11.7. The molecule has 122 valence electrons. The quantitative estimate of drug-likeness (QED) is 0.591. The molecule has 0 aliphatic carbocycles. The molecule has 9 heteroatoms. The van der Waals surface area contributed by atoms with Gasteiger partial charge >= 0.3 is 14.9 Å². The fourth-order valence-corrected chi connectivity index (χ4v) is 5.02. The van der Waals surface area contributed by atoms with E-state index in [0.717, 1.165) is 19.6 Å². The zero-order valence-electron chi connectivity index (χ0n) is 12.5. The van der Waals surface area contributed by atoms with E-state index in [4.69, 9.17) is 18.0 Å². The smallest absolute Gasteiger partial charge is 0.449 e. The molecule has 0 saturated carbocycles. The van der Waals surface area contributed by atoms with Crippen LogP contribution in [-0.4, -0.2) is 75.4 Å². The predicted molar refractivity (Wildman–Crippen MR) is 78.4 cm³/mol. The van der Waals surface area contributed by atoms with Crippen LogP contribution in [0.1, 0.15) is 6.42 Å². The van der Waals surface area contributed by atoms with Gasteiger partial charge in [0, 0.05) is 38.1 Å². The molecule has 1 aromatic rings. The lowest BCUT2D eigenvalue weighted by atomic mass is 10.4. The Labute approximate surface area is 130 Å². The summed E-state index contributed by atoms with van der Waals surface area (Å²) in [5, 5.41) is 0. The van der Waals surface area contributed by atoms with Gasteiger partial charge in [-0.2, -0.15) is 0 Å². The number of imidazole rings is 1. The molecule has 4 rings (SSSR count). The van der Waals surface area contributed by atoms with E-state index in [9.17, 15) is 4.79 Å². The normalized spacial score (nSPS) is 28.6. The molecule has 3 saturated heterocycles. The van der Waals surface area contributed by atoms with Crippen molar-refractivity contribution in [1.82, 2.24) is 14.5 Å². The molecule has 0 aromatic carbocycles. The summed E-state index contributed by atoms with van der Waals surface area (Å²) in [6.07, 6.45) is 4.75. The van der Waals surface area contributed by atoms with Gasteiger partial charge in [-0.05, 0) is 6.42 Å². The lowest BCUT2D eigenvalue weighted by molar-refractivity contribution is -0.00925. The van der Waals surface area contributed by atoms with E-state index in [1.165, 1.54) is 17.1 Å². The largest absolute Gasteiger partial charge is 0.501 e. The van der Waals surface area contributed by atoms with Crippen molar-refractivity contribution in [2.45, 2.75) is 12.5 Å². The van der Waals surface area contributed by atoms with Crippen molar-refractivity contribution in [3.05, 3.63) is 18.7 Å². The van der Waals surface area contributed by atoms with Gasteiger partial charge in [-0.1, -0.05) is 0 Å². The minimum absolute atomic E-state index is 0.313. The Hall–Kier alpha value is -1.26. The molecule has 0 atom stereocenters. The van der Waals surface area contributed by atoms with Crippen LogP contribution in [0.3, 0.4) is 0 Å². The van der Waals surface area contributed by atoms with Gasteiger partial charge in [0.1, 0.15) is 6.33 Å². The summed E-state index contributed by atoms with van der Waals surface area (Å²) < 4.78 is 24.3. The fraction of sp³-hybridized carbons (Fsp3) is 0.692. The first-order valence-electron chi connectivity index (χ1n) is 7.57. The number of rotatable bonds is 4. The molecule has 22 heavy (non-hydrogen) atoms. The third kappa shape index (κ3) is 3.93. The Kier molecular flexibility index (Phi) is 5.21. The number of hydrogen-bond acceptors (Lipinski definition) is 7. The van der Waals surface area contributed by atoms with Crippen molar-refractivity contribution in [2.75, 3.05) is 46.1 Å². The summed E-state index contributed by atoms with van der Waals surface area (Å²) in [7, 11) is -2.60. The molecule has 0 N–H and O–H groups in total. The van der Waals surface area contributed by atoms with E-state index in [0.29, 0.717) is 38.9 Å². The molecule has 0 spiro atoms. The second kappa shape index (κ2) is 7.33. The Morgan fingerprint density at radius 1 is 1.18 bits per heavy atom. The Balaban J connectivity index is 1.46. The Morgan fingerprint density at radius 2 is 1.86 bits per heavy atom. The van der Waals surface area contributed by atoms with Crippen LogP contribution in [0, 0.1) is 0 Å². The van der Waals surface area contributed by atoms with Crippen molar-refractivity contribution < 1.29 is 22.8 Å². The molecule has 0 unspecified atom stereocenters. The summed E-state index contributed by atoms with van der Waals surface area (Å²) in [4.78, 5) is 17.8. The highest BCUT2D eigenvalue weighted by molar-refractivity contribution is 6.60. The van der Waals surface area contributed by atoms with Gasteiger partial charge < -0.3 is 18.0 Å². The van der Waals surface area contributed by atoms with Crippen LogP contribution < -0.4 is 0 Å². The number of aromatic nitrogens is 2. The first kappa shape index (κ1) is 15.6. The van der Waals surface area contributed by atoms with E-state index in [1.807, 2.05) is 0 Å². The molecule has 2 bridgehead atoms. The van der Waals surface area contributed by atoms with Gasteiger partial charge in [0.05, 0.1) is 26.4 Å². The van der Waals surface area contributed by atoms with Crippen LogP contribution in [0.5, 0.6) is 0 Å². The van der Waals surface area contributed by atoms with E-state index in [-0.39, 0.29) is 0 Å². The number of carbonyl (C=O) groups is 1. The van der Waals surface area contributed by atoms with Crippen LogP contribution in [0.15, 0.2) is 18.7 Å². The Bertz CT molecular complexity index is 458. The third-order valence-corrected chi connectivity index (χ3v) is 6.65. The topological polar surface area (TPSA) is 75.1 Å². The molecule has 8 nitrogen and oxygen atoms in total. The van der Waals surface area contributed by atoms with Crippen LogP contribution in [-0.2, 0) is 18.0 Å². The first-order chi connectivity index (χ1) is 10.8.